The summed E-state index contributed by atoms with van der Waals surface area (Å²) in [6, 6.07) is 5.30. The van der Waals surface area contributed by atoms with E-state index in [-0.39, 0.29) is 6.42 Å². The van der Waals surface area contributed by atoms with Crippen LogP contribution in [0.25, 0.3) is 0 Å². The Bertz CT molecular complexity index is 527. The number of para-hydroxylation sites is 1. The molecular weight excluding hydrogens is 236 g/mol. The number of β-lactam (4-membered cyclic amide) rings is 1. The maximum absolute atomic E-state index is 11.8. The third-order valence-electron chi connectivity index (χ3n) is 2.84. The molecule has 1 heterocycles. The average molecular weight is 248 g/mol. The number of amides is 3. The number of rotatable bonds is 2. The second-order valence-corrected chi connectivity index (χ2v) is 4.07. The van der Waals surface area contributed by atoms with Crippen molar-refractivity contribution in [1.82, 2.24) is 4.90 Å². The molecule has 1 fully saturated rings. The van der Waals surface area contributed by atoms with Gasteiger partial charge in [-0.3, -0.25) is 4.79 Å². The van der Waals surface area contributed by atoms with Gasteiger partial charge in [-0.15, -0.1) is 0 Å². The molecule has 0 spiro atoms. The Morgan fingerprint density at radius 2 is 2.06 bits per heavy atom. The minimum absolute atomic E-state index is 0.128. The number of imide groups is 1. The van der Waals surface area contributed by atoms with Gasteiger partial charge in [0, 0.05) is 5.69 Å². The lowest BCUT2D eigenvalue weighted by atomic mass is 10.0. The predicted molar refractivity (Wildman–Crippen MR) is 63.1 cm³/mol. The van der Waals surface area contributed by atoms with E-state index in [0.717, 1.165) is 10.5 Å². The van der Waals surface area contributed by atoms with Crippen molar-refractivity contribution in [1.29, 1.82) is 0 Å². The second-order valence-electron chi connectivity index (χ2n) is 4.07. The van der Waals surface area contributed by atoms with Gasteiger partial charge in [-0.1, -0.05) is 18.2 Å². The molecule has 0 aliphatic carbocycles. The van der Waals surface area contributed by atoms with E-state index in [9.17, 15) is 14.4 Å². The molecule has 18 heavy (non-hydrogen) atoms. The summed E-state index contributed by atoms with van der Waals surface area (Å²) in [7, 11) is 0. The zero-order valence-corrected chi connectivity index (χ0v) is 9.71. The monoisotopic (exact) mass is 248 g/mol. The van der Waals surface area contributed by atoms with Gasteiger partial charge in [-0.05, 0) is 18.6 Å². The largest absolute Gasteiger partial charge is 0.480 e. The summed E-state index contributed by atoms with van der Waals surface area (Å²) in [5.74, 6) is -1.65. The van der Waals surface area contributed by atoms with E-state index in [1.54, 1.807) is 12.1 Å². The SMILES string of the molecule is Cc1ccccc1NC(=O)N1C(=O)C[C@H]1C(=O)O. The molecule has 1 aromatic carbocycles. The molecule has 94 valence electrons. The van der Waals surface area contributed by atoms with Gasteiger partial charge in [0.05, 0.1) is 6.42 Å². The fraction of sp³-hybridized carbons (Fsp3) is 0.250. The highest BCUT2D eigenvalue weighted by Gasteiger charge is 2.45. The number of urea groups is 1. The Morgan fingerprint density at radius 1 is 1.39 bits per heavy atom. The topological polar surface area (TPSA) is 86.7 Å². The van der Waals surface area contributed by atoms with Crippen LogP contribution in [0.5, 0.6) is 0 Å². The van der Waals surface area contributed by atoms with E-state index >= 15 is 0 Å². The van der Waals surface area contributed by atoms with Crippen LogP contribution >= 0.6 is 0 Å². The van der Waals surface area contributed by atoms with Crippen molar-refractivity contribution < 1.29 is 19.5 Å². The summed E-state index contributed by atoms with van der Waals surface area (Å²) < 4.78 is 0. The molecule has 1 atom stereocenters. The van der Waals surface area contributed by atoms with Gasteiger partial charge in [0.2, 0.25) is 5.91 Å². The number of nitrogens with zero attached hydrogens (tertiary/aromatic N) is 1. The highest BCUT2D eigenvalue weighted by atomic mass is 16.4. The van der Waals surface area contributed by atoms with Crippen molar-refractivity contribution in [2.75, 3.05) is 5.32 Å². The molecule has 1 aliphatic rings. The summed E-state index contributed by atoms with van der Waals surface area (Å²) in [6.07, 6.45) is -0.128. The Morgan fingerprint density at radius 3 is 2.61 bits per heavy atom. The van der Waals surface area contributed by atoms with E-state index in [1.165, 1.54) is 0 Å². The number of anilines is 1. The Balaban J connectivity index is 2.11. The lowest BCUT2D eigenvalue weighted by Gasteiger charge is -2.35. The number of aliphatic carboxylic acids is 1. The van der Waals surface area contributed by atoms with Crippen LogP contribution in [-0.4, -0.2) is 34.0 Å². The van der Waals surface area contributed by atoms with Crippen LogP contribution in [-0.2, 0) is 9.59 Å². The number of aryl methyl sites for hydroxylation is 1. The highest BCUT2D eigenvalue weighted by Crippen LogP contribution is 2.22. The zero-order chi connectivity index (χ0) is 13.3. The molecule has 0 bridgehead atoms. The normalized spacial score (nSPS) is 18.2. The quantitative estimate of drug-likeness (QED) is 0.770. The lowest BCUT2D eigenvalue weighted by Crippen LogP contribution is -2.60. The fourth-order valence-corrected chi connectivity index (χ4v) is 1.76. The van der Waals surface area contributed by atoms with Crippen LogP contribution in [0.4, 0.5) is 10.5 Å². The van der Waals surface area contributed by atoms with Crippen LogP contribution in [0.1, 0.15) is 12.0 Å². The number of carbonyl (C=O) groups is 3. The Hall–Kier alpha value is -2.37. The first kappa shape index (κ1) is 12.1. The van der Waals surface area contributed by atoms with Gasteiger partial charge in [-0.2, -0.15) is 0 Å². The second kappa shape index (κ2) is 4.48. The van der Waals surface area contributed by atoms with Crippen molar-refractivity contribution >= 4 is 23.6 Å². The van der Waals surface area contributed by atoms with Gasteiger partial charge >= 0.3 is 12.0 Å². The number of carboxylic acids is 1. The Kier molecular flexibility index (Phi) is 3.01. The number of hydrogen-bond acceptors (Lipinski definition) is 3. The molecule has 1 saturated heterocycles. The number of carbonyl (C=O) groups excluding carboxylic acids is 2. The van der Waals surface area contributed by atoms with E-state index < -0.39 is 23.9 Å². The fourth-order valence-electron chi connectivity index (χ4n) is 1.76. The van der Waals surface area contributed by atoms with E-state index in [4.69, 9.17) is 5.11 Å². The summed E-state index contributed by atoms with van der Waals surface area (Å²) in [5, 5.41) is 11.3. The van der Waals surface area contributed by atoms with E-state index in [2.05, 4.69) is 5.32 Å². The minimum Gasteiger partial charge on any atom is -0.480 e. The molecule has 2 rings (SSSR count). The van der Waals surface area contributed by atoms with Crippen molar-refractivity contribution in [2.45, 2.75) is 19.4 Å². The maximum Gasteiger partial charge on any atom is 0.329 e. The summed E-state index contributed by atoms with van der Waals surface area (Å²) >= 11 is 0. The van der Waals surface area contributed by atoms with Gasteiger partial charge < -0.3 is 10.4 Å². The Labute approximate surface area is 103 Å². The smallest absolute Gasteiger partial charge is 0.329 e. The molecule has 3 amide bonds. The van der Waals surface area contributed by atoms with Crippen molar-refractivity contribution in [3.63, 3.8) is 0 Å². The molecule has 0 aromatic heterocycles. The molecule has 1 aromatic rings. The molecule has 0 radical (unpaired) electrons. The molecule has 6 nitrogen and oxygen atoms in total. The zero-order valence-electron chi connectivity index (χ0n) is 9.71. The van der Waals surface area contributed by atoms with Gasteiger partial charge in [-0.25, -0.2) is 14.5 Å². The number of likely N-dealkylation sites (tertiary alicyclic amines) is 1. The van der Waals surface area contributed by atoms with E-state index in [0.29, 0.717) is 5.69 Å². The van der Waals surface area contributed by atoms with Crippen LogP contribution in [0.3, 0.4) is 0 Å². The standard InChI is InChI=1S/C12H12N2O4/c1-7-4-2-3-5-8(7)13-12(18)14-9(11(16)17)6-10(14)15/h2-5,9H,6H2,1H3,(H,13,18)(H,16,17)/t9-/m0/s1. The van der Waals surface area contributed by atoms with Crippen LogP contribution in [0.15, 0.2) is 24.3 Å². The minimum atomic E-state index is -1.17. The summed E-state index contributed by atoms with van der Waals surface area (Å²) in [5.41, 5.74) is 1.40. The molecule has 0 saturated carbocycles. The maximum atomic E-state index is 11.8. The molecule has 2 N–H and O–H groups in total. The highest BCUT2D eigenvalue weighted by molar-refractivity contribution is 6.09. The van der Waals surface area contributed by atoms with Gasteiger partial charge in [0.1, 0.15) is 6.04 Å². The first-order chi connectivity index (χ1) is 8.50. The third kappa shape index (κ3) is 2.04. The van der Waals surface area contributed by atoms with Crippen molar-refractivity contribution in [3.8, 4) is 0 Å². The number of benzene rings is 1. The van der Waals surface area contributed by atoms with Crippen LogP contribution in [0.2, 0.25) is 0 Å². The van der Waals surface area contributed by atoms with Crippen molar-refractivity contribution in [2.24, 2.45) is 0 Å². The molecule has 0 unspecified atom stereocenters. The van der Waals surface area contributed by atoms with E-state index in [1.807, 2.05) is 19.1 Å². The molecule has 6 heteroatoms. The van der Waals surface area contributed by atoms with Crippen molar-refractivity contribution in [3.05, 3.63) is 29.8 Å². The molecule has 1 aliphatic heterocycles. The third-order valence-corrected chi connectivity index (χ3v) is 2.84. The average Bonchev–Trinajstić information content (AvgIpc) is 2.28. The van der Waals surface area contributed by atoms with Gasteiger partial charge in [0.15, 0.2) is 0 Å². The summed E-state index contributed by atoms with van der Waals surface area (Å²) in [4.78, 5) is 34.6. The number of hydrogen-bond donors (Lipinski definition) is 2. The number of carboxylic acid groups (broad SMARTS) is 1. The van der Waals surface area contributed by atoms with Crippen LogP contribution in [0, 0.1) is 6.92 Å². The number of nitrogens with one attached hydrogen (secondary N) is 1. The first-order valence-electron chi connectivity index (χ1n) is 5.42. The summed E-state index contributed by atoms with van der Waals surface area (Å²) in [6.45, 7) is 1.81. The van der Waals surface area contributed by atoms with Gasteiger partial charge in [0.25, 0.3) is 0 Å². The lowest BCUT2D eigenvalue weighted by molar-refractivity contribution is -0.157. The predicted octanol–water partition coefficient (Wildman–Crippen LogP) is 1.21. The van der Waals surface area contributed by atoms with Crippen LogP contribution < -0.4 is 5.32 Å². The first-order valence-corrected chi connectivity index (χ1v) is 5.42. The molecular formula is C12H12N2O4.